The second-order valence-electron chi connectivity index (χ2n) is 39.2. The maximum atomic E-state index is 14.6. The van der Waals surface area contributed by atoms with Gasteiger partial charge in [-0.1, -0.05) is 78.3 Å². The number of carbonyl (C=O) groups excluding carboxylic acids is 23. The van der Waals surface area contributed by atoms with Gasteiger partial charge >= 0.3 is 0 Å². The van der Waals surface area contributed by atoms with Crippen LogP contribution >= 0.6 is 0 Å². The Bertz CT molecular complexity index is 4570. The van der Waals surface area contributed by atoms with E-state index in [0.717, 1.165) is 5.56 Å². The summed E-state index contributed by atoms with van der Waals surface area (Å²) in [6.45, 7) is 33.6. The molecule has 1 aliphatic heterocycles. The van der Waals surface area contributed by atoms with Gasteiger partial charge in [0.05, 0.1) is 19.2 Å². The zero-order valence-electron chi connectivity index (χ0n) is 83.5. The Morgan fingerprint density at radius 3 is 1.23 bits per heavy atom. The number of benzene rings is 1. The summed E-state index contributed by atoms with van der Waals surface area (Å²) < 4.78 is 0. The van der Waals surface area contributed by atoms with Crippen molar-refractivity contribution in [3.05, 3.63) is 35.9 Å². The second-order valence-corrected chi connectivity index (χ2v) is 39.2. The smallest absolute Gasteiger partial charge is 0.248 e. The molecular formula is C90H149N23O24. The number of nitrogens with two attached hydrogens (primary N) is 3. The van der Waals surface area contributed by atoms with Gasteiger partial charge in [-0.2, -0.15) is 0 Å². The number of likely N-dealkylation sites (tertiary alicyclic amines) is 1. The SMILES string of the molecule is CC[C@H](C)[C@H](NC(=O)C(C)(C)NC(=O)[C@H](CCC(N)=O)NC(=O)C(C)(C)NC(=O)C(C)(C)NC(=O)[C@H](C)NC(=O)[C@H](C)NC(=O)[C@H](C)NC(=O)C(C)(C)NC(C)=O)C(=O)NC(C)(C)C(=O)NCC(=O)N[C@@H](CC(C)C)C(=O)NC(C)(C)C(=O)N1CCC[C@H]1C(=O)N[C@H](C(=O)NC(C)(C)C(=O)N[C@@H](C)C(=O)N[C@@H](CCC(N)=O)C(=O)N[C@@H](CCC(N)=O)C(=O)N[C@H](CO)Cc1ccccc1)C(C)C. The largest absolute Gasteiger partial charge is 0.394 e. The summed E-state index contributed by atoms with van der Waals surface area (Å²) in [7, 11) is 0. The van der Waals surface area contributed by atoms with E-state index in [1.54, 1.807) is 71.9 Å². The van der Waals surface area contributed by atoms with Crippen molar-refractivity contribution in [2.24, 2.45) is 35.0 Å². The third-order valence-electron chi connectivity index (χ3n) is 22.5. The second kappa shape index (κ2) is 52.3. The number of hydrogen-bond acceptors (Lipinski definition) is 24. The normalized spacial score (nSPS) is 15.6. The predicted octanol–water partition coefficient (Wildman–Crippen LogP) is -5.43. The molecule has 768 valence electrons. The molecule has 1 aromatic carbocycles. The summed E-state index contributed by atoms with van der Waals surface area (Å²) >= 11 is 0. The Morgan fingerprint density at radius 2 is 0.774 bits per heavy atom. The van der Waals surface area contributed by atoms with Gasteiger partial charge in [0.15, 0.2) is 0 Å². The van der Waals surface area contributed by atoms with Crippen molar-refractivity contribution >= 4 is 136 Å². The minimum absolute atomic E-state index is 0.00745. The van der Waals surface area contributed by atoms with Crippen LogP contribution in [0.2, 0.25) is 0 Å². The van der Waals surface area contributed by atoms with Crippen LogP contribution in [0, 0.1) is 17.8 Å². The Morgan fingerprint density at radius 1 is 0.394 bits per heavy atom. The standard InChI is InChI=1S/C90H149N23O24/c1-26-47(6)65(105-81(135)87(18,19)108-72(126)57(36-39-62(93)118)103-80(134)88(20,21)112-82(136)89(22,23)107-69(123)51(10)96-66(120)48(7)95-67(121)49(8)97-78(132)85(14,15)106-52(11)115)76(130)111-84(12,13)77(131)94-43-63(119)100-58(41-45(2)3)73(127)109-90(24,25)83(137)113-40-30-33-59(113)74(128)104-64(46(4)5)75(129)110-86(16,17)79(133)98-50(9)68(122)101-56(35-38-61(92)117)71(125)102-55(34-37-60(91)116)70(124)99-54(44-114)42-53-31-28-27-29-32-53/h27-29,31-32,45-51,54-59,64-65,114H,26,30,33-44H2,1-25H3,(H2,91,116)(H2,92,117)(H2,93,118)(H,94,131)(H,95,121)(H,96,120)(H,97,132)(H,98,133)(H,99,124)(H,100,119)(H,101,122)(H,102,125)(H,103,134)(H,104,128)(H,105,135)(H,106,115)(H,107,123)(H,108,126)(H,109,127)(H,110,129)(H,111,130)(H,112,136)/t47-,48-,49-,50-,51-,54-,55-,56-,57-,58-,59-,64-,65-/m0/s1. The van der Waals surface area contributed by atoms with Gasteiger partial charge in [-0.25, -0.2) is 0 Å². The lowest BCUT2D eigenvalue weighted by Gasteiger charge is -2.35. The molecule has 1 fully saturated rings. The van der Waals surface area contributed by atoms with Gasteiger partial charge in [-0.15, -0.1) is 0 Å². The van der Waals surface area contributed by atoms with E-state index in [9.17, 15) is 115 Å². The van der Waals surface area contributed by atoms with Gasteiger partial charge in [0.1, 0.15) is 105 Å². The van der Waals surface area contributed by atoms with Crippen molar-refractivity contribution in [3.63, 3.8) is 0 Å². The lowest BCUT2D eigenvalue weighted by atomic mass is 9.94. The van der Waals surface area contributed by atoms with Crippen LogP contribution in [0.1, 0.15) is 243 Å². The molecule has 47 heteroatoms. The zero-order valence-corrected chi connectivity index (χ0v) is 83.5. The Labute approximate surface area is 799 Å². The first-order valence-corrected chi connectivity index (χ1v) is 45.6. The lowest BCUT2D eigenvalue weighted by molar-refractivity contribution is -0.146. The topological polar surface area (TPSA) is 723 Å². The highest BCUT2D eigenvalue weighted by Gasteiger charge is 2.47. The molecule has 0 unspecified atom stereocenters. The molecule has 0 radical (unpaired) electrons. The lowest BCUT2D eigenvalue weighted by Crippen LogP contribution is -2.66. The van der Waals surface area contributed by atoms with E-state index in [0.29, 0.717) is 6.42 Å². The van der Waals surface area contributed by atoms with E-state index in [1.807, 2.05) is 0 Å². The summed E-state index contributed by atoms with van der Waals surface area (Å²) in [6.07, 6.45) is -1.50. The first-order valence-electron chi connectivity index (χ1n) is 45.6. The summed E-state index contributed by atoms with van der Waals surface area (Å²) in [6, 6.07) is -7.02. The molecule has 137 heavy (non-hydrogen) atoms. The van der Waals surface area contributed by atoms with E-state index in [-0.39, 0.29) is 57.4 Å². The molecule has 23 amide bonds. The molecule has 0 bridgehead atoms. The van der Waals surface area contributed by atoms with E-state index in [2.05, 4.69) is 101 Å². The molecule has 0 spiro atoms. The molecule has 1 aliphatic rings. The number of nitrogens with zero attached hydrogens (tertiary/aromatic N) is 1. The minimum atomic E-state index is -1.92. The Hall–Kier alpha value is -13.0. The van der Waals surface area contributed by atoms with E-state index in [1.165, 1.54) is 136 Å². The fourth-order valence-electron chi connectivity index (χ4n) is 13.7. The fourth-order valence-corrected chi connectivity index (χ4v) is 13.7. The predicted molar refractivity (Wildman–Crippen MR) is 499 cm³/mol. The maximum absolute atomic E-state index is 14.6. The van der Waals surface area contributed by atoms with Crippen molar-refractivity contribution in [1.82, 2.24) is 106 Å². The number of rotatable bonds is 55. The summed E-state index contributed by atoms with van der Waals surface area (Å²) in [5.41, 5.74) is 4.58. The molecule has 13 atom stereocenters. The van der Waals surface area contributed by atoms with Crippen LogP contribution in [0.4, 0.5) is 0 Å². The monoisotopic (exact) mass is 1940 g/mol. The fraction of sp³-hybridized carbons (Fsp3) is 0.678. The van der Waals surface area contributed by atoms with Crippen LogP contribution in [0.15, 0.2) is 30.3 Å². The zero-order chi connectivity index (χ0) is 105. The average Bonchev–Trinajstić information content (AvgIpc) is 1.69. The summed E-state index contributed by atoms with van der Waals surface area (Å²) in [5, 5.41) is 58.0. The van der Waals surface area contributed by atoms with Gasteiger partial charge in [0.25, 0.3) is 0 Å². The maximum Gasteiger partial charge on any atom is 0.248 e. The highest BCUT2D eigenvalue weighted by atomic mass is 16.3. The average molecular weight is 1940 g/mol. The Kier molecular flexibility index (Phi) is 45.9. The number of carbonyl (C=O) groups is 23. The van der Waals surface area contributed by atoms with E-state index >= 15 is 0 Å². The number of amides is 23. The first kappa shape index (κ1) is 120. The number of hydrogen-bond donors (Lipinski definition) is 23. The Balaban J connectivity index is 2.18. The molecule has 2 rings (SSSR count). The third-order valence-corrected chi connectivity index (χ3v) is 22.5. The number of primary amides is 3. The van der Waals surface area contributed by atoms with Crippen molar-refractivity contribution in [2.75, 3.05) is 19.7 Å². The van der Waals surface area contributed by atoms with Crippen LogP contribution in [-0.4, -0.2) is 277 Å². The molecule has 0 aliphatic carbocycles. The first-order chi connectivity index (χ1) is 62.9. The van der Waals surface area contributed by atoms with Crippen LogP contribution in [0.3, 0.4) is 0 Å². The third kappa shape index (κ3) is 39.3. The molecule has 0 saturated carbocycles. The van der Waals surface area contributed by atoms with Gasteiger partial charge in [-0.3, -0.25) is 110 Å². The quantitative estimate of drug-likeness (QED) is 0.0289. The molecule has 1 heterocycles. The minimum Gasteiger partial charge on any atom is -0.394 e. The highest BCUT2D eigenvalue weighted by molar-refractivity contribution is 6.04. The van der Waals surface area contributed by atoms with Crippen LogP contribution in [-0.2, 0) is 117 Å². The molecule has 1 saturated heterocycles. The van der Waals surface area contributed by atoms with Crippen molar-refractivity contribution in [1.29, 1.82) is 0 Å². The molecule has 47 nitrogen and oxygen atoms in total. The van der Waals surface area contributed by atoms with E-state index < -0.39 is 291 Å². The number of aliphatic hydroxyl groups excluding tert-OH is 1. The van der Waals surface area contributed by atoms with Gasteiger partial charge in [0.2, 0.25) is 136 Å². The van der Waals surface area contributed by atoms with Crippen molar-refractivity contribution in [3.8, 4) is 0 Å². The highest BCUT2D eigenvalue weighted by Crippen LogP contribution is 2.25. The molecule has 0 aromatic heterocycles. The van der Waals surface area contributed by atoms with Gasteiger partial charge < -0.3 is 128 Å². The van der Waals surface area contributed by atoms with Gasteiger partial charge in [0, 0.05) is 32.7 Å². The summed E-state index contributed by atoms with van der Waals surface area (Å²) in [5.74, 6) is -21.3. The van der Waals surface area contributed by atoms with Crippen LogP contribution in [0.25, 0.3) is 0 Å². The van der Waals surface area contributed by atoms with Crippen LogP contribution in [0.5, 0.6) is 0 Å². The number of nitrogens with one attached hydrogen (secondary N) is 19. The summed E-state index contributed by atoms with van der Waals surface area (Å²) in [4.78, 5) is 312. The molecule has 26 N–H and O–H groups in total. The van der Waals surface area contributed by atoms with Crippen molar-refractivity contribution < 1.29 is 115 Å². The molecular weight excluding hydrogens is 1790 g/mol. The van der Waals surface area contributed by atoms with Gasteiger partial charge in [-0.05, 0) is 193 Å². The molecule has 1 aromatic rings. The van der Waals surface area contributed by atoms with E-state index in [4.69, 9.17) is 17.2 Å². The van der Waals surface area contributed by atoms with Crippen LogP contribution < -0.4 is 118 Å². The number of aliphatic hydroxyl groups is 1. The van der Waals surface area contributed by atoms with Crippen molar-refractivity contribution in [2.45, 2.75) is 355 Å².